The molecule has 0 bridgehead atoms. The number of rotatable bonds is 16. The lowest BCUT2D eigenvalue weighted by atomic mass is 9.89. The van der Waals surface area contributed by atoms with Crippen LogP contribution in [0.5, 0.6) is 0 Å². The van der Waals surface area contributed by atoms with Gasteiger partial charge in [-0.2, -0.15) is 0 Å². The fourth-order valence-corrected chi connectivity index (χ4v) is 6.05. The van der Waals surface area contributed by atoms with Crippen molar-refractivity contribution in [2.24, 2.45) is 17.8 Å². The van der Waals surface area contributed by atoms with Gasteiger partial charge in [-0.15, -0.1) is 0 Å². The molecule has 8 N–H and O–H groups in total. The zero-order valence-electron chi connectivity index (χ0n) is 28.8. The summed E-state index contributed by atoms with van der Waals surface area (Å²) in [5, 5.41) is 82.1. The van der Waals surface area contributed by atoms with Crippen LogP contribution in [-0.4, -0.2) is 133 Å². The largest absolute Gasteiger partial charge is 0.394 e. The maximum absolute atomic E-state index is 12.4. The van der Waals surface area contributed by atoms with Gasteiger partial charge in [0, 0.05) is 18.3 Å². The molecule has 13 nitrogen and oxygen atoms in total. The topological polar surface area (TPSA) is 216 Å². The lowest BCUT2D eigenvalue weighted by Crippen LogP contribution is -2.60. The quantitative estimate of drug-likeness (QED) is 0.0828. The van der Waals surface area contributed by atoms with Crippen molar-refractivity contribution >= 4 is 5.78 Å². The lowest BCUT2D eigenvalue weighted by molar-refractivity contribution is -0.311. The second-order valence-corrected chi connectivity index (χ2v) is 13.1. The van der Waals surface area contributed by atoms with Crippen LogP contribution >= 0.6 is 0 Å². The fourth-order valence-electron chi connectivity index (χ4n) is 6.05. The highest BCUT2D eigenvalue weighted by atomic mass is 16.7. The zero-order valence-corrected chi connectivity index (χ0v) is 28.8. The van der Waals surface area contributed by atoms with E-state index in [4.69, 9.17) is 18.9 Å². The van der Waals surface area contributed by atoms with E-state index >= 15 is 0 Å². The Hall–Kier alpha value is -1.59. The van der Waals surface area contributed by atoms with Gasteiger partial charge < -0.3 is 59.8 Å². The zero-order chi connectivity index (χ0) is 35.7. The maximum atomic E-state index is 12.4. The number of Topliss-reactive ketones (excluding diaryl/α,β-unsaturated/α-hetero) is 1. The van der Waals surface area contributed by atoms with Gasteiger partial charge in [0.2, 0.25) is 0 Å². The van der Waals surface area contributed by atoms with E-state index in [1.165, 1.54) is 0 Å². The summed E-state index contributed by atoms with van der Waals surface area (Å²) in [5.74, 6) is -0.766. The predicted molar refractivity (Wildman–Crippen MR) is 172 cm³/mol. The number of ether oxygens (including phenoxy) is 4. The number of aliphatic hydroxyl groups excluding tert-OH is 8. The Morgan fingerprint density at radius 1 is 0.660 bits per heavy atom. The summed E-state index contributed by atoms with van der Waals surface area (Å²) in [5.41, 5.74) is 1.95. The van der Waals surface area contributed by atoms with Crippen LogP contribution in [0, 0.1) is 17.8 Å². The molecule has 2 aliphatic rings. The molecule has 0 aliphatic carbocycles. The molecular weight excluding hydrogens is 616 g/mol. The summed E-state index contributed by atoms with van der Waals surface area (Å²) in [4.78, 5) is 12.4. The van der Waals surface area contributed by atoms with Crippen molar-refractivity contribution in [2.45, 2.75) is 142 Å². The van der Waals surface area contributed by atoms with Gasteiger partial charge in [-0.05, 0) is 43.4 Å². The SMILES string of the molecule is CCC(=O)/C(C)=C/[C@H](C)[C@@H](O[C@@H]1O[C@H](CO)[C@@H](O)[C@H](O)[C@@H]1O)/C(C)=C/[C@H](C)[C@@H](O[C@@H]1O[C@H](CO)[C@@H](O)[C@H](O)[C@@H]1O)/C(C)=C/[C@H](C)CC. The molecule has 2 rings (SSSR count). The Morgan fingerprint density at radius 3 is 1.45 bits per heavy atom. The van der Waals surface area contributed by atoms with Crippen LogP contribution < -0.4 is 0 Å². The highest BCUT2D eigenvalue weighted by molar-refractivity contribution is 5.94. The number of hydrogen-bond acceptors (Lipinski definition) is 13. The maximum Gasteiger partial charge on any atom is 0.187 e. The van der Waals surface area contributed by atoms with E-state index in [9.17, 15) is 45.6 Å². The molecule has 2 fully saturated rings. The summed E-state index contributed by atoms with van der Waals surface area (Å²) in [6, 6.07) is 0. The average Bonchev–Trinajstić information content (AvgIpc) is 3.04. The van der Waals surface area contributed by atoms with Crippen molar-refractivity contribution in [1.29, 1.82) is 0 Å². The van der Waals surface area contributed by atoms with E-state index in [1.807, 2.05) is 46.8 Å². The average molecular weight is 675 g/mol. The van der Waals surface area contributed by atoms with Crippen LogP contribution in [0.2, 0.25) is 0 Å². The Bertz CT molecular complexity index is 1070. The van der Waals surface area contributed by atoms with Gasteiger partial charge in [0.05, 0.1) is 25.4 Å². The molecular formula is C34H58O13. The first kappa shape index (κ1) is 41.6. The first-order chi connectivity index (χ1) is 22.0. The highest BCUT2D eigenvalue weighted by Crippen LogP contribution is 2.32. The Balaban J connectivity index is 2.53. The Labute approximate surface area is 278 Å². The van der Waals surface area contributed by atoms with E-state index in [1.54, 1.807) is 26.8 Å². The molecule has 272 valence electrons. The van der Waals surface area contributed by atoms with E-state index in [-0.39, 0.29) is 11.7 Å². The van der Waals surface area contributed by atoms with Crippen LogP contribution in [0.25, 0.3) is 0 Å². The molecule has 0 amide bonds. The van der Waals surface area contributed by atoms with E-state index < -0.39 is 98.7 Å². The smallest absolute Gasteiger partial charge is 0.187 e. The number of hydrogen-bond donors (Lipinski definition) is 8. The van der Waals surface area contributed by atoms with Crippen molar-refractivity contribution in [3.8, 4) is 0 Å². The van der Waals surface area contributed by atoms with Gasteiger partial charge >= 0.3 is 0 Å². The normalized spacial score (nSPS) is 36.0. The first-order valence-corrected chi connectivity index (χ1v) is 16.5. The minimum absolute atomic E-state index is 0.0581. The van der Waals surface area contributed by atoms with Gasteiger partial charge in [-0.25, -0.2) is 0 Å². The molecule has 15 atom stereocenters. The van der Waals surface area contributed by atoms with Gasteiger partial charge in [-0.3, -0.25) is 4.79 Å². The van der Waals surface area contributed by atoms with Crippen molar-refractivity contribution in [1.82, 2.24) is 0 Å². The Kier molecular flexibility index (Phi) is 16.8. The highest BCUT2D eigenvalue weighted by Gasteiger charge is 2.47. The van der Waals surface area contributed by atoms with Crippen molar-refractivity contribution in [3.63, 3.8) is 0 Å². The summed E-state index contributed by atoms with van der Waals surface area (Å²) in [6.07, 6.45) is -9.50. The number of ketones is 1. The number of aliphatic hydroxyl groups is 8. The molecule has 0 radical (unpaired) electrons. The van der Waals surface area contributed by atoms with Gasteiger partial charge in [0.15, 0.2) is 18.4 Å². The lowest BCUT2D eigenvalue weighted by Gasteiger charge is -2.42. The molecule has 0 spiro atoms. The summed E-state index contributed by atoms with van der Waals surface area (Å²) in [6.45, 7) is 13.6. The van der Waals surface area contributed by atoms with Crippen LogP contribution in [0.1, 0.15) is 68.2 Å². The number of allylic oxidation sites excluding steroid dienone is 2. The van der Waals surface area contributed by atoms with E-state index in [0.717, 1.165) is 12.0 Å². The molecule has 47 heavy (non-hydrogen) atoms. The molecule has 2 heterocycles. The molecule has 0 saturated carbocycles. The number of carbonyl (C=O) groups excluding carboxylic acids is 1. The standard InChI is InChI=1S/C34H58O13/c1-9-16(3)11-18(5)31(46-33-29(42)27(40)25(38)23(14-35)44-33)20(7)13-21(8)32(19(6)12-17(4)22(37)10-2)47-34-30(43)28(41)26(39)24(15-36)45-34/h11-13,16,19-20,23-36,38-43H,9-10,14-15H2,1-8H3/b17-12+,18-11+,21-13+/t16-,19+,20+,23-,24-,25-,26-,27+,28+,29+,30+,31+,32-,33+,34+/m1/s1. The van der Waals surface area contributed by atoms with Crippen LogP contribution in [0.3, 0.4) is 0 Å². The first-order valence-electron chi connectivity index (χ1n) is 16.5. The summed E-state index contributed by atoms with van der Waals surface area (Å²) in [7, 11) is 0. The van der Waals surface area contributed by atoms with Gasteiger partial charge in [0.1, 0.15) is 48.8 Å². The molecule has 2 saturated heterocycles. The fraction of sp³-hybridized carbons (Fsp3) is 0.794. The van der Waals surface area contributed by atoms with Crippen molar-refractivity contribution in [3.05, 3.63) is 34.9 Å². The minimum atomic E-state index is -1.64. The van der Waals surface area contributed by atoms with E-state index in [2.05, 4.69) is 0 Å². The predicted octanol–water partition coefficient (Wildman–Crippen LogP) is 0.493. The Morgan fingerprint density at radius 2 is 1.06 bits per heavy atom. The second kappa shape index (κ2) is 19.0. The molecule has 13 heteroatoms. The minimum Gasteiger partial charge on any atom is -0.394 e. The monoisotopic (exact) mass is 674 g/mol. The molecule has 0 aromatic rings. The van der Waals surface area contributed by atoms with Crippen molar-refractivity contribution < 1.29 is 64.6 Å². The van der Waals surface area contributed by atoms with Gasteiger partial charge in [-0.1, -0.05) is 59.3 Å². The van der Waals surface area contributed by atoms with Crippen molar-refractivity contribution in [2.75, 3.05) is 13.2 Å². The van der Waals surface area contributed by atoms with Crippen LogP contribution in [0.15, 0.2) is 34.9 Å². The summed E-state index contributed by atoms with van der Waals surface area (Å²) >= 11 is 0. The molecule has 0 aromatic carbocycles. The van der Waals surface area contributed by atoms with Crippen LogP contribution in [-0.2, 0) is 23.7 Å². The third-order valence-electron chi connectivity index (χ3n) is 9.10. The van der Waals surface area contributed by atoms with Crippen LogP contribution in [0.4, 0.5) is 0 Å². The van der Waals surface area contributed by atoms with Gasteiger partial charge in [0.25, 0.3) is 0 Å². The third kappa shape index (κ3) is 10.7. The molecule has 2 aliphatic heterocycles. The van der Waals surface area contributed by atoms with E-state index in [0.29, 0.717) is 17.6 Å². The molecule has 0 unspecified atom stereocenters. The molecule has 0 aromatic heterocycles. The third-order valence-corrected chi connectivity index (χ3v) is 9.10. The summed E-state index contributed by atoms with van der Waals surface area (Å²) < 4.78 is 23.8. The number of carbonyl (C=O) groups is 1. The second-order valence-electron chi connectivity index (χ2n) is 13.1.